The minimum Gasteiger partial charge on any atom is -0.324 e. The number of thioether (sulfide) groups is 1. The number of hydrogen-bond acceptors (Lipinski definition) is 4. The first-order valence-corrected chi connectivity index (χ1v) is 8.31. The van der Waals surface area contributed by atoms with Gasteiger partial charge in [0.25, 0.3) is 11.3 Å². The molecule has 134 valence electrons. The molecule has 0 bridgehead atoms. The molecule has 0 aliphatic rings. The number of nitrogens with zero attached hydrogens (tertiary/aromatic N) is 1. The Labute approximate surface area is 150 Å². The van der Waals surface area contributed by atoms with Crippen molar-refractivity contribution in [3.05, 3.63) is 50.7 Å². The van der Waals surface area contributed by atoms with E-state index in [4.69, 9.17) is 11.6 Å². The lowest BCUT2D eigenvalue weighted by Gasteiger charge is -2.08. The van der Waals surface area contributed by atoms with Gasteiger partial charge in [0.1, 0.15) is 5.82 Å². The number of aromatic nitrogens is 2. The van der Waals surface area contributed by atoms with E-state index >= 15 is 0 Å². The number of anilines is 1. The van der Waals surface area contributed by atoms with E-state index in [9.17, 15) is 22.8 Å². The van der Waals surface area contributed by atoms with Gasteiger partial charge >= 0.3 is 0 Å². The van der Waals surface area contributed by atoms with Crippen molar-refractivity contribution >= 4 is 35.0 Å². The number of carbonyl (C=O) groups excluding carboxylic acids is 1. The van der Waals surface area contributed by atoms with Gasteiger partial charge in [0.2, 0.25) is 5.91 Å². The Morgan fingerprint density at radius 1 is 1.44 bits per heavy atom. The number of H-pyrrole nitrogens is 1. The van der Waals surface area contributed by atoms with Gasteiger partial charge in [0, 0.05) is 22.7 Å². The second-order valence-corrected chi connectivity index (χ2v) is 6.40. The molecule has 25 heavy (non-hydrogen) atoms. The first-order valence-electron chi connectivity index (χ1n) is 7.05. The van der Waals surface area contributed by atoms with Gasteiger partial charge in [0.15, 0.2) is 5.16 Å². The molecule has 2 N–H and O–H groups in total. The van der Waals surface area contributed by atoms with Crippen molar-refractivity contribution in [3.63, 3.8) is 0 Å². The van der Waals surface area contributed by atoms with Crippen LogP contribution >= 0.6 is 23.4 Å². The molecule has 2 aromatic rings. The summed E-state index contributed by atoms with van der Waals surface area (Å²) in [4.78, 5) is 30.0. The molecule has 2 rings (SSSR count). The van der Waals surface area contributed by atoms with Crippen LogP contribution in [0.4, 0.5) is 18.9 Å². The number of benzene rings is 1. The Bertz CT molecular complexity index is 845. The lowest BCUT2D eigenvalue weighted by Crippen LogP contribution is -2.20. The maximum atomic E-state index is 13.6. The summed E-state index contributed by atoms with van der Waals surface area (Å²) in [6.07, 6.45) is -0.0656. The molecule has 1 amide bonds. The van der Waals surface area contributed by atoms with Crippen LogP contribution in [-0.2, 0) is 11.2 Å². The highest BCUT2D eigenvalue weighted by Gasteiger charge is 2.14. The van der Waals surface area contributed by atoms with Crippen LogP contribution in [0, 0.1) is 12.7 Å². The van der Waals surface area contributed by atoms with Crippen LogP contribution in [0.1, 0.15) is 17.7 Å². The third-order valence-corrected chi connectivity index (χ3v) is 4.04. The summed E-state index contributed by atoms with van der Waals surface area (Å²) in [5.41, 5.74) is -0.134. The Morgan fingerprint density at radius 2 is 2.16 bits per heavy atom. The molecule has 0 aliphatic heterocycles. The summed E-state index contributed by atoms with van der Waals surface area (Å²) in [6.45, 7) is 1.50. The maximum Gasteiger partial charge on any atom is 0.291 e. The quantitative estimate of drug-likeness (QED) is 0.581. The van der Waals surface area contributed by atoms with Gasteiger partial charge in [-0.2, -0.15) is 8.78 Å². The molecule has 0 saturated heterocycles. The van der Waals surface area contributed by atoms with E-state index in [1.807, 2.05) is 0 Å². The van der Waals surface area contributed by atoms with E-state index in [0.29, 0.717) is 0 Å². The zero-order valence-corrected chi connectivity index (χ0v) is 14.5. The van der Waals surface area contributed by atoms with Crippen LogP contribution in [0.5, 0.6) is 0 Å². The number of hydrogen-bond donors (Lipinski definition) is 2. The van der Waals surface area contributed by atoms with Crippen LogP contribution in [0.25, 0.3) is 0 Å². The average Bonchev–Trinajstić information content (AvgIpc) is 2.48. The fourth-order valence-corrected chi connectivity index (χ4v) is 2.73. The van der Waals surface area contributed by atoms with Gasteiger partial charge in [0.05, 0.1) is 5.69 Å². The standard InChI is InChI=1S/C15H13ClF3N3O2S/c1-7-9(13(24)22-15(20-7)25-14(18)19)3-5-12(23)21-11-4-2-8(16)6-10(11)17/h2,4,6,14H,3,5H2,1H3,(H,21,23)(H,20,22,24). The van der Waals surface area contributed by atoms with Crippen molar-refractivity contribution < 1.29 is 18.0 Å². The topological polar surface area (TPSA) is 74.8 Å². The summed E-state index contributed by atoms with van der Waals surface area (Å²) in [7, 11) is 0. The summed E-state index contributed by atoms with van der Waals surface area (Å²) < 4.78 is 38.2. The minimum absolute atomic E-state index is 0.0261. The van der Waals surface area contributed by atoms with E-state index in [1.54, 1.807) is 0 Å². The molecule has 5 nitrogen and oxygen atoms in total. The number of aryl methyl sites for hydroxylation is 1. The van der Waals surface area contributed by atoms with Gasteiger partial charge in [-0.15, -0.1) is 0 Å². The molecule has 1 aromatic heterocycles. The lowest BCUT2D eigenvalue weighted by molar-refractivity contribution is -0.116. The monoisotopic (exact) mass is 391 g/mol. The predicted octanol–water partition coefficient (Wildman–Crippen LogP) is 3.76. The third-order valence-electron chi connectivity index (χ3n) is 3.21. The van der Waals surface area contributed by atoms with Gasteiger partial charge in [-0.3, -0.25) is 9.59 Å². The summed E-state index contributed by atoms with van der Waals surface area (Å²) in [5, 5.41) is 2.39. The molecule has 1 aromatic carbocycles. The van der Waals surface area contributed by atoms with Gasteiger partial charge in [-0.1, -0.05) is 11.6 Å². The number of alkyl halides is 2. The Balaban J connectivity index is 2.03. The second kappa shape index (κ2) is 8.39. The molecule has 0 fully saturated rings. The van der Waals surface area contributed by atoms with Crippen LogP contribution < -0.4 is 10.9 Å². The highest BCUT2D eigenvalue weighted by molar-refractivity contribution is 7.99. The smallest absolute Gasteiger partial charge is 0.291 e. The van der Waals surface area contributed by atoms with E-state index in [0.717, 1.165) is 6.07 Å². The van der Waals surface area contributed by atoms with E-state index in [-0.39, 0.29) is 51.7 Å². The van der Waals surface area contributed by atoms with Crippen molar-refractivity contribution in [3.8, 4) is 0 Å². The fraction of sp³-hybridized carbons (Fsp3) is 0.267. The van der Waals surface area contributed by atoms with Gasteiger partial charge in [-0.25, -0.2) is 9.37 Å². The number of nitrogens with one attached hydrogen (secondary N) is 2. The molecule has 0 atom stereocenters. The molecular weight excluding hydrogens is 379 g/mol. The second-order valence-electron chi connectivity index (χ2n) is 4.99. The van der Waals surface area contributed by atoms with Crippen molar-refractivity contribution in [2.45, 2.75) is 30.7 Å². The number of aromatic amines is 1. The molecular formula is C15H13ClF3N3O2S. The molecule has 0 saturated carbocycles. The van der Waals surface area contributed by atoms with Crippen LogP contribution in [-0.4, -0.2) is 21.6 Å². The maximum absolute atomic E-state index is 13.6. The van der Waals surface area contributed by atoms with Crippen molar-refractivity contribution in [2.75, 3.05) is 5.32 Å². The Morgan fingerprint density at radius 3 is 2.76 bits per heavy atom. The largest absolute Gasteiger partial charge is 0.324 e. The highest BCUT2D eigenvalue weighted by Crippen LogP contribution is 2.21. The molecule has 0 unspecified atom stereocenters. The SMILES string of the molecule is Cc1nc(SC(F)F)[nH]c(=O)c1CCC(=O)Nc1ccc(Cl)cc1F. The highest BCUT2D eigenvalue weighted by atomic mass is 35.5. The molecule has 10 heteroatoms. The molecule has 0 radical (unpaired) electrons. The number of amides is 1. The first kappa shape index (κ1) is 19.3. The molecule has 0 aliphatic carbocycles. The van der Waals surface area contributed by atoms with Crippen LogP contribution in [0.15, 0.2) is 28.2 Å². The van der Waals surface area contributed by atoms with Gasteiger partial charge in [-0.05, 0) is 43.3 Å². The fourth-order valence-electron chi connectivity index (χ4n) is 2.06. The lowest BCUT2D eigenvalue weighted by atomic mass is 10.1. The van der Waals surface area contributed by atoms with Crippen LogP contribution in [0.2, 0.25) is 5.02 Å². The summed E-state index contributed by atoms with van der Waals surface area (Å²) >= 11 is 5.76. The van der Waals surface area contributed by atoms with Gasteiger partial charge < -0.3 is 10.3 Å². The summed E-state index contributed by atoms with van der Waals surface area (Å²) in [6, 6.07) is 3.82. The number of carbonyl (C=O) groups is 1. The third kappa shape index (κ3) is 5.50. The number of rotatable bonds is 6. The first-order chi connectivity index (χ1) is 11.8. The normalized spacial score (nSPS) is 11.0. The van der Waals surface area contributed by atoms with E-state index in [2.05, 4.69) is 15.3 Å². The number of halogens is 4. The zero-order valence-electron chi connectivity index (χ0n) is 12.9. The van der Waals surface area contributed by atoms with E-state index in [1.165, 1.54) is 19.1 Å². The molecule has 0 spiro atoms. The summed E-state index contributed by atoms with van der Waals surface area (Å²) in [5.74, 6) is -3.88. The average molecular weight is 392 g/mol. The predicted molar refractivity (Wildman–Crippen MR) is 89.8 cm³/mol. The zero-order chi connectivity index (χ0) is 18.6. The minimum atomic E-state index is -2.70. The molecule has 1 heterocycles. The van der Waals surface area contributed by atoms with Crippen molar-refractivity contribution in [1.29, 1.82) is 0 Å². The van der Waals surface area contributed by atoms with E-state index < -0.39 is 23.0 Å². The Hall–Kier alpha value is -2.00. The van der Waals surface area contributed by atoms with Crippen molar-refractivity contribution in [1.82, 2.24) is 9.97 Å². The Kier molecular flexibility index (Phi) is 6.49. The van der Waals surface area contributed by atoms with Crippen LogP contribution in [0.3, 0.4) is 0 Å². The van der Waals surface area contributed by atoms with Crippen molar-refractivity contribution in [2.24, 2.45) is 0 Å².